The van der Waals surface area contributed by atoms with Crippen molar-refractivity contribution < 1.29 is 9.90 Å². The topological polar surface area (TPSA) is 37.3 Å². The highest BCUT2D eigenvalue weighted by atomic mass is 16.3. The van der Waals surface area contributed by atoms with E-state index < -0.39 is 5.60 Å². The van der Waals surface area contributed by atoms with Crippen LogP contribution in [0.3, 0.4) is 0 Å². The van der Waals surface area contributed by atoms with Gasteiger partial charge in [-0.1, -0.05) is 33.1 Å². The fourth-order valence-electron chi connectivity index (χ4n) is 1.55. The molecule has 0 aliphatic carbocycles. The van der Waals surface area contributed by atoms with Crippen molar-refractivity contribution in [1.29, 1.82) is 0 Å². The first-order valence-electron chi connectivity index (χ1n) is 5.63. The zero-order valence-electron chi connectivity index (χ0n) is 9.68. The van der Waals surface area contributed by atoms with Crippen molar-refractivity contribution >= 4 is 5.78 Å². The standard InChI is InChI=1S/C12H23O2/c1-4-6-7-8-11(13)10-12(3,14)9-5-2/h10,14H,4-9H2,1-3H3. The van der Waals surface area contributed by atoms with E-state index in [1.54, 1.807) is 6.92 Å². The quantitative estimate of drug-likeness (QED) is 0.610. The predicted octanol–water partition coefficient (Wildman–Crippen LogP) is 2.89. The minimum atomic E-state index is -0.905. The summed E-state index contributed by atoms with van der Waals surface area (Å²) in [5.41, 5.74) is -0.905. The Hall–Kier alpha value is -0.370. The third-order valence-electron chi connectivity index (χ3n) is 2.25. The Morgan fingerprint density at radius 3 is 2.43 bits per heavy atom. The lowest BCUT2D eigenvalue weighted by molar-refractivity contribution is -0.118. The van der Waals surface area contributed by atoms with E-state index in [0.717, 1.165) is 25.7 Å². The van der Waals surface area contributed by atoms with Gasteiger partial charge in [-0.15, -0.1) is 0 Å². The van der Waals surface area contributed by atoms with E-state index in [2.05, 4.69) is 6.92 Å². The summed E-state index contributed by atoms with van der Waals surface area (Å²) in [5.74, 6) is 0.0805. The van der Waals surface area contributed by atoms with E-state index in [1.165, 1.54) is 6.42 Å². The van der Waals surface area contributed by atoms with E-state index in [1.807, 2.05) is 6.92 Å². The number of hydrogen-bond acceptors (Lipinski definition) is 2. The molecule has 1 N–H and O–H groups in total. The molecule has 0 aliphatic rings. The van der Waals surface area contributed by atoms with Crippen LogP contribution in [0.1, 0.15) is 59.3 Å². The van der Waals surface area contributed by atoms with E-state index >= 15 is 0 Å². The third kappa shape index (κ3) is 7.07. The molecule has 1 radical (unpaired) electrons. The van der Waals surface area contributed by atoms with Crippen molar-refractivity contribution in [2.24, 2.45) is 0 Å². The van der Waals surface area contributed by atoms with Crippen LogP contribution in [-0.4, -0.2) is 16.5 Å². The molecule has 0 aliphatic heterocycles. The molecule has 2 nitrogen and oxygen atoms in total. The van der Waals surface area contributed by atoms with E-state index in [9.17, 15) is 9.90 Å². The first-order chi connectivity index (χ1) is 6.52. The highest BCUT2D eigenvalue weighted by molar-refractivity contribution is 5.88. The van der Waals surface area contributed by atoms with E-state index in [4.69, 9.17) is 0 Å². The molecule has 0 spiro atoms. The summed E-state index contributed by atoms with van der Waals surface area (Å²) in [4.78, 5) is 11.4. The number of carbonyl (C=O) groups excluding carboxylic acids is 1. The number of ketones is 1. The van der Waals surface area contributed by atoms with Crippen molar-refractivity contribution in [3.63, 3.8) is 0 Å². The molecule has 1 atom stereocenters. The molecule has 83 valence electrons. The van der Waals surface area contributed by atoms with Crippen LogP contribution in [0.15, 0.2) is 0 Å². The van der Waals surface area contributed by atoms with Crippen LogP contribution in [0.5, 0.6) is 0 Å². The lowest BCUT2D eigenvalue weighted by atomic mass is 9.92. The van der Waals surface area contributed by atoms with Gasteiger partial charge in [0.25, 0.3) is 0 Å². The third-order valence-corrected chi connectivity index (χ3v) is 2.25. The van der Waals surface area contributed by atoms with Crippen molar-refractivity contribution in [2.45, 2.75) is 64.9 Å². The number of hydrogen-bond donors (Lipinski definition) is 1. The van der Waals surface area contributed by atoms with Crippen molar-refractivity contribution in [2.75, 3.05) is 0 Å². The van der Waals surface area contributed by atoms with Gasteiger partial charge in [0.2, 0.25) is 0 Å². The first-order valence-corrected chi connectivity index (χ1v) is 5.63. The van der Waals surface area contributed by atoms with Gasteiger partial charge in [0.05, 0.1) is 12.0 Å². The summed E-state index contributed by atoms with van der Waals surface area (Å²) >= 11 is 0. The Labute approximate surface area is 87.7 Å². The second-order valence-corrected chi connectivity index (χ2v) is 4.17. The van der Waals surface area contributed by atoms with Gasteiger partial charge in [-0.25, -0.2) is 0 Å². The van der Waals surface area contributed by atoms with Crippen LogP contribution in [-0.2, 0) is 4.79 Å². The van der Waals surface area contributed by atoms with Crippen LogP contribution < -0.4 is 0 Å². The summed E-state index contributed by atoms with van der Waals surface area (Å²) in [6, 6.07) is 0. The molecule has 0 fully saturated rings. The molecule has 0 bridgehead atoms. The molecule has 0 amide bonds. The van der Waals surface area contributed by atoms with Crippen LogP contribution >= 0.6 is 0 Å². The molecule has 0 heterocycles. The summed E-state index contributed by atoms with van der Waals surface area (Å²) in [6.45, 7) is 5.82. The highest BCUT2D eigenvalue weighted by Crippen LogP contribution is 2.17. The summed E-state index contributed by atoms with van der Waals surface area (Å²) in [5, 5.41) is 9.77. The molecular weight excluding hydrogens is 176 g/mol. The number of rotatable bonds is 8. The Balaban J connectivity index is 3.69. The van der Waals surface area contributed by atoms with Gasteiger partial charge in [-0.05, 0) is 19.8 Å². The lowest BCUT2D eigenvalue weighted by Gasteiger charge is -2.20. The molecule has 2 heteroatoms. The summed E-state index contributed by atoms with van der Waals surface area (Å²) in [7, 11) is 0. The Morgan fingerprint density at radius 2 is 1.93 bits per heavy atom. The van der Waals surface area contributed by atoms with Crippen molar-refractivity contribution in [3.05, 3.63) is 6.42 Å². The predicted molar refractivity (Wildman–Crippen MR) is 59.0 cm³/mol. The summed E-state index contributed by atoms with van der Waals surface area (Å²) in [6.07, 6.45) is 6.76. The number of carbonyl (C=O) groups is 1. The van der Waals surface area contributed by atoms with Crippen LogP contribution in [0.25, 0.3) is 0 Å². The molecule has 0 saturated carbocycles. The SMILES string of the molecule is CCCCCC(=O)[CH]C(C)(O)CCC. The maximum atomic E-state index is 11.4. The van der Waals surface area contributed by atoms with Gasteiger partial charge < -0.3 is 5.11 Å². The molecule has 0 rings (SSSR count). The van der Waals surface area contributed by atoms with Gasteiger partial charge >= 0.3 is 0 Å². The maximum absolute atomic E-state index is 11.4. The first kappa shape index (κ1) is 13.6. The monoisotopic (exact) mass is 199 g/mol. The molecule has 0 saturated heterocycles. The molecule has 14 heavy (non-hydrogen) atoms. The zero-order valence-corrected chi connectivity index (χ0v) is 9.68. The Morgan fingerprint density at radius 1 is 1.29 bits per heavy atom. The fourth-order valence-corrected chi connectivity index (χ4v) is 1.55. The Bertz CT molecular complexity index is 162. The molecule has 0 aromatic rings. The van der Waals surface area contributed by atoms with E-state index in [-0.39, 0.29) is 5.78 Å². The van der Waals surface area contributed by atoms with Gasteiger partial charge in [0.15, 0.2) is 0 Å². The Kier molecular flexibility index (Phi) is 6.81. The number of unbranched alkanes of at least 4 members (excludes halogenated alkanes) is 2. The van der Waals surface area contributed by atoms with Crippen LogP contribution in [0.4, 0.5) is 0 Å². The van der Waals surface area contributed by atoms with Gasteiger partial charge in [0, 0.05) is 6.42 Å². The maximum Gasteiger partial charge on any atom is 0.139 e. The van der Waals surface area contributed by atoms with Gasteiger partial charge in [-0.2, -0.15) is 0 Å². The zero-order chi connectivity index (χ0) is 11.0. The van der Waals surface area contributed by atoms with Crippen molar-refractivity contribution in [3.8, 4) is 0 Å². The normalized spacial score (nSPS) is 15.1. The average molecular weight is 199 g/mol. The molecular formula is C12H23O2. The molecule has 0 aromatic carbocycles. The minimum absolute atomic E-state index is 0.0805. The highest BCUT2D eigenvalue weighted by Gasteiger charge is 2.22. The van der Waals surface area contributed by atoms with Crippen molar-refractivity contribution in [1.82, 2.24) is 0 Å². The second-order valence-electron chi connectivity index (χ2n) is 4.17. The number of Topliss-reactive ketones (excluding diaryl/α,β-unsaturated/α-hetero) is 1. The largest absolute Gasteiger partial charge is 0.389 e. The van der Waals surface area contributed by atoms with Crippen LogP contribution in [0.2, 0.25) is 0 Å². The fraction of sp³-hybridized carbons (Fsp3) is 0.833. The summed E-state index contributed by atoms with van der Waals surface area (Å²) < 4.78 is 0. The molecule has 0 aromatic heterocycles. The molecule has 1 unspecified atom stereocenters. The van der Waals surface area contributed by atoms with Gasteiger partial charge in [0.1, 0.15) is 5.78 Å². The van der Waals surface area contributed by atoms with Crippen LogP contribution in [0, 0.1) is 6.42 Å². The number of aliphatic hydroxyl groups is 1. The lowest BCUT2D eigenvalue weighted by Crippen LogP contribution is -2.28. The smallest absolute Gasteiger partial charge is 0.139 e. The minimum Gasteiger partial charge on any atom is -0.389 e. The average Bonchev–Trinajstić information content (AvgIpc) is 2.03. The second kappa shape index (κ2) is 6.99. The van der Waals surface area contributed by atoms with Gasteiger partial charge in [-0.3, -0.25) is 4.79 Å². The van der Waals surface area contributed by atoms with E-state index in [0.29, 0.717) is 12.8 Å².